The summed E-state index contributed by atoms with van der Waals surface area (Å²) in [6.45, 7) is 59.0. The van der Waals surface area contributed by atoms with Crippen molar-refractivity contribution in [2.75, 3.05) is 0 Å². The van der Waals surface area contributed by atoms with Gasteiger partial charge < -0.3 is 9.31 Å². The summed E-state index contributed by atoms with van der Waals surface area (Å²) in [5.74, 6) is 0. The fourth-order valence-corrected chi connectivity index (χ4v) is 9.34. The SMILES string of the molecule is CB1OC(C)(C)C(C)(C)O1.CC.CC.CC.CC.CC.CC.CC.CC.CC.CC.Cc1ccccc1C(C)(c1[c-]cccc1)c1[c-]cccc1.Cc1ccccc1C(C)(c1[c-]cccc1)c1[c-]cccc1.[W+2].[W+2].[Y].[Y].[c-]1ccccc1-c1[c-]cccc1.[c-]1ccccc1-c1[c-]cccc1. The van der Waals surface area contributed by atoms with E-state index in [4.69, 9.17) is 9.31 Å². The number of hydrogen-bond acceptors (Lipinski definition) is 2. The van der Waals surface area contributed by atoms with E-state index in [1.807, 2.05) is 291 Å². The van der Waals surface area contributed by atoms with Gasteiger partial charge in [-0.15, -0.1) is 46.5 Å². The third kappa shape index (κ3) is 38.5. The van der Waals surface area contributed by atoms with Crippen LogP contribution < -0.4 is 0 Å². The van der Waals surface area contributed by atoms with Gasteiger partial charge in [0.15, 0.2) is 0 Å². The second-order valence-corrected chi connectivity index (χ2v) is 19.9. The van der Waals surface area contributed by atoms with Crippen LogP contribution in [0, 0.1) is 62.4 Å². The van der Waals surface area contributed by atoms with Crippen molar-refractivity contribution in [1.29, 1.82) is 0 Å². The average molecular weight is 1830 g/mol. The third-order valence-corrected chi connectivity index (χ3v) is 14.1. The van der Waals surface area contributed by atoms with Crippen LogP contribution in [0.1, 0.15) is 225 Å². The van der Waals surface area contributed by atoms with Crippen LogP contribution in [-0.4, -0.2) is 18.3 Å². The van der Waals surface area contributed by atoms with E-state index in [0.29, 0.717) is 0 Å². The molecule has 0 aliphatic carbocycles. The van der Waals surface area contributed by atoms with E-state index < -0.39 is 0 Å². The molecule has 0 spiro atoms. The van der Waals surface area contributed by atoms with Gasteiger partial charge in [0, 0.05) is 65.4 Å². The minimum absolute atomic E-state index is 0. The minimum atomic E-state index is -0.242. The van der Waals surface area contributed by atoms with Crippen molar-refractivity contribution in [3.63, 3.8) is 0 Å². The van der Waals surface area contributed by atoms with Crippen LogP contribution in [0.4, 0.5) is 0 Å². The van der Waals surface area contributed by atoms with E-state index in [1.165, 1.54) is 44.5 Å². The van der Waals surface area contributed by atoms with E-state index in [1.54, 1.807) is 0 Å². The Morgan fingerprint density at radius 1 is 0.270 bits per heavy atom. The Bertz CT molecular complexity index is 2870. The average Bonchev–Trinajstić information content (AvgIpc) is 1.05. The van der Waals surface area contributed by atoms with Crippen LogP contribution in [0.3, 0.4) is 0 Å². The van der Waals surface area contributed by atoms with Gasteiger partial charge >= 0.3 is 49.2 Å². The molecule has 0 unspecified atom stereocenters. The summed E-state index contributed by atoms with van der Waals surface area (Å²) in [4.78, 5) is 0. The van der Waals surface area contributed by atoms with Crippen molar-refractivity contribution < 1.29 is 117 Å². The van der Waals surface area contributed by atoms with Crippen molar-refractivity contribution in [2.24, 2.45) is 0 Å². The Kier molecular flexibility index (Phi) is 78.6. The van der Waals surface area contributed by atoms with E-state index >= 15 is 0 Å². The number of hydrogen-bond donors (Lipinski definition) is 0. The monoisotopic (exact) mass is 1830 g/mol. The summed E-state index contributed by atoms with van der Waals surface area (Å²) in [6.07, 6.45) is 0. The molecule has 10 aromatic carbocycles. The second-order valence-electron chi connectivity index (χ2n) is 19.9. The summed E-state index contributed by atoms with van der Waals surface area (Å²) in [7, 11) is -0.0648. The Morgan fingerprint density at radius 3 is 0.580 bits per heavy atom. The second kappa shape index (κ2) is 70.4. The number of rotatable bonds is 8. The van der Waals surface area contributed by atoms with Gasteiger partial charge in [0.1, 0.15) is 0 Å². The zero-order chi connectivity index (χ0) is 73.9. The van der Waals surface area contributed by atoms with Crippen molar-refractivity contribution >= 4 is 7.12 Å². The van der Waals surface area contributed by atoms with Crippen LogP contribution in [-0.2, 0) is 128 Å². The molecule has 1 aliphatic rings. The summed E-state index contributed by atoms with van der Waals surface area (Å²) >= 11 is 0. The molecule has 0 bridgehead atoms. The van der Waals surface area contributed by atoms with Gasteiger partial charge in [0.25, 0.3) is 0 Å². The van der Waals surface area contributed by atoms with Gasteiger partial charge in [-0.2, -0.15) is 218 Å². The zero-order valence-corrected chi connectivity index (χ0v) is 79.0. The molecule has 1 fully saturated rings. The topological polar surface area (TPSA) is 18.5 Å². The molecule has 2 radical (unpaired) electrons. The van der Waals surface area contributed by atoms with Crippen LogP contribution in [0.2, 0.25) is 6.82 Å². The fraction of sp³-hybridized carbons (Fsp3) is 0.355. The van der Waals surface area contributed by atoms with Crippen LogP contribution in [0.25, 0.3) is 22.3 Å². The molecule has 7 heteroatoms. The molecular weight excluding hydrogens is 1710 g/mol. The first-order chi connectivity index (χ1) is 46.7. The molecule has 536 valence electrons. The molecule has 100 heavy (non-hydrogen) atoms. The molecule has 0 atom stereocenters. The maximum atomic E-state index is 5.54. The Labute approximate surface area is 697 Å². The van der Waals surface area contributed by atoms with E-state index in [2.05, 4.69) is 201 Å². The number of aryl methyl sites for hydroxylation is 2. The Morgan fingerprint density at radius 2 is 0.440 bits per heavy atom. The van der Waals surface area contributed by atoms with Gasteiger partial charge in [-0.3, -0.25) is 0 Å². The standard InChI is InChI=1S/2C21H18.2C12H8.C7H15BO2.10C2H6.2W.2Y/c2*1-17-11-9-10-16-20(17)21(2,18-12-5-3-6-13-18)19-14-7-4-8-15-19;2*1-3-7-11(8-4-1)12-9-5-2-6-10-12;1-6(2)7(3,4)10-8(5)9-6;10*1-2;;;;/h2*3-12,14,16H,1-2H3;2*1-7,9H;1-5H3;10*1-2H3;;;;/q4*-2;;;;;;;;;;;;2*+2;;. The first kappa shape index (κ1) is 112. The van der Waals surface area contributed by atoms with Crippen LogP contribution >= 0.6 is 0 Å². The molecule has 0 amide bonds. The Hall–Kier alpha value is -4.23. The third-order valence-electron chi connectivity index (χ3n) is 14.1. The first-order valence-electron chi connectivity index (χ1n) is 36.0. The number of benzene rings is 10. The molecule has 0 aromatic heterocycles. The van der Waals surface area contributed by atoms with Crippen molar-refractivity contribution in [3.8, 4) is 22.3 Å². The smallest absolute Gasteiger partial charge is 0.403 e. The van der Waals surface area contributed by atoms with Crippen molar-refractivity contribution in [3.05, 3.63) is 336 Å². The van der Waals surface area contributed by atoms with Crippen molar-refractivity contribution in [2.45, 2.75) is 223 Å². The molecule has 2 nitrogen and oxygen atoms in total. The molecule has 1 aliphatic heterocycles. The summed E-state index contributed by atoms with van der Waals surface area (Å²) in [5, 5.41) is 0. The van der Waals surface area contributed by atoms with E-state index in [0.717, 1.165) is 22.3 Å². The van der Waals surface area contributed by atoms with Crippen molar-refractivity contribution in [1.82, 2.24) is 0 Å². The van der Waals surface area contributed by atoms with E-state index in [-0.39, 0.29) is 137 Å². The predicted molar refractivity (Wildman–Crippen MR) is 429 cm³/mol. The summed E-state index contributed by atoms with van der Waals surface area (Å²) < 4.78 is 11.1. The van der Waals surface area contributed by atoms with Crippen LogP contribution in [0.5, 0.6) is 0 Å². The van der Waals surface area contributed by atoms with Gasteiger partial charge in [-0.05, 0) is 81.4 Å². The van der Waals surface area contributed by atoms with Gasteiger partial charge in [0.2, 0.25) is 0 Å². The molecule has 0 N–H and O–H groups in total. The maximum absolute atomic E-state index is 5.54. The minimum Gasteiger partial charge on any atom is -0.403 e. The summed E-state index contributed by atoms with van der Waals surface area (Å²) in [5.41, 5.74) is 13.4. The molecule has 11 rings (SSSR count). The molecule has 0 saturated carbocycles. The van der Waals surface area contributed by atoms with Gasteiger partial charge in [0.05, 0.1) is 11.2 Å². The fourth-order valence-electron chi connectivity index (χ4n) is 9.34. The molecule has 10 aromatic rings. The summed E-state index contributed by atoms with van der Waals surface area (Å²) in [6, 6.07) is 108. The van der Waals surface area contributed by atoms with Gasteiger partial charge in [-0.25, -0.2) is 22.3 Å². The first-order valence-corrected chi connectivity index (χ1v) is 36.0. The quantitative estimate of drug-likeness (QED) is 0.0858. The Balaban J connectivity index is -0.000000167. The molecular formula is C93H127BO2W2Y2-4. The zero-order valence-electron chi connectivity index (χ0n) is 67.5. The molecule has 1 heterocycles. The van der Waals surface area contributed by atoms with Crippen LogP contribution in [0.15, 0.2) is 243 Å². The maximum Gasteiger partial charge on any atom is 2.00 e. The van der Waals surface area contributed by atoms with E-state index in [9.17, 15) is 0 Å². The van der Waals surface area contributed by atoms with Gasteiger partial charge in [-0.1, -0.05) is 201 Å². The predicted octanol–water partition coefficient (Wildman–Crippen LogP) is 27.8. The normalized spacial score (nSPS) is 10.6. The largest absolute Gasteiger partial charge is 2.00 e. The molecule has 1 saturated heterocycles.